The Morgan fingerprint density at radius 2 is 2.30 bits per heavy atom. The van der Waals surface area contributed by atoms with Crippen molar-refractivity contribution in [2.24, 2.45) is 0 Å². The summed E-state index contributed by atoms with van der Waals surface area (Å²) in [6, 6.07) is 4.28. The Hall–Kier alpha value is -2.90. The summed E-state index contributed by atoms with van der Waals surface area (Å²) in [5.41, 5.74) is 0.657. The number of hydrogen-bond acceptors (Lipinski definition) is 6. The third-order valence-electron chi connectivity index (χ3n) is 4.05. The van der Waals surface area contributed by atoms with E-state index in [-0.39, 0.29) is 5.69 Å². The van der Waals surface area contributed by atoms with Crippen LogP contribution in [0.4, 0.5) is 11.4 Å². The molecule has 1 fully saturated rings. The Kier molecular flexibility index (Phi) is 3.73. The smallest absolute Gasteiger partial charge is 0.326 e. The van der Waals surface area contributed by atoms with Crippen molar-refractivity contribution in [3.05, 3.63) is 34.5 Å². The molecular formula is C15H15N3O5. The van der Waals surface area contributed by atoms with Gasteiger partial charge in [0.15, 0.2) is 0 Å². The number of anilines is 1. The Morgan fingerprint density at radius 1 is 1.52 bits per heavy atom. The molecule has 0 spiro atoms. The van der Waals surface area contributed by atoms with Gasteiger partial charge in [0.2, 0.25) is 0 Å². The molecule has 0 unspecified atom stereocenters. The van der Waals surface area contributed by atoms with E-state index in [4.69, 9.17) is 4.74 Å². The molecule has 0 saturated carbocycles. The summed E-state index contributed by atoms with van der Waals surface area (Å²) in [6.45, 7) is 0.461. The van der Waals surface area contributed by atoms with Gasteiger partial charge >= 0.3 is 11.7 Å². The largest absolute Gasteiger partial charge is 0.497 e. The topological polar surface area (TPSA) is 106 Å². The molecule has 1 aromatic heterocycles. The third kappa shape index (κ3) is 2.52. The van der Waals surface area contributed by atoms with Crippen LogP contribution in [0.3, 0.4) is 0 Å². The number of nitrogens with zero attached hydrogens (tertiary/aromatic N) is 3. The number of benzene rings is 1. The standard InChI is InChI=1S/C15H15N3O5/c1-23-9-4-5-10-11(7-9)16-8-13(18(21)22)14(10)17-6-2-3-12(17)15(19)20/h4-5,7-8,12H,2-3,6H2,1H3,(H,19,20)/t12-/m0/s1. The van der Waals surface area contributed by atoms with Gasteiger partial charge in [-0.15, -0.1) is 0 Å². The second-order valence-electron chi connectivity index (χ2n) is 5.32. The predicted octanol–water partition coefficient (Wildman–Crippen LogP) is 2.21. The zero-order chi connectivity index (χ0) is 16.6. The number of methoxy groups -OCH3 is 1. The summed E-state index contributed by atoms with van der Waals surface area (Å²) >= 11 is 0. The number of carbonyl (C=O) groups is 1. The van der Waals surface area contributed by atoms with Gasteiger partial charge in [-0.25, -0.2) is 9.78 Å². The summed E-state index contributed by atoms with van der Waals surface area (Å²) in [5, 5.41) is 21.3. The lowest BCUT2D eigenvalue weighted by atomic mass is 10.1. The maximum atomic E-state index is 11.5. The number of carboxylic acid groups (broad SMARTS) is 1. The predicted molar refractivity (Wildman–Crippen MR) is 83.0 cm³/mol. The molecule has 1 atom stereocenters. The van der Waals surface area contributed by atoms with E-state index in [1.807, 2.05) is 0 Å². The number of carboxylic acids is 1. The monoisotopic (exact) mass is 317 g/mol. The lowest BCUT2D eigenvalue weighted by Crippen LogP contribution is -2.36. The molecule has 0 bridgehead atoms. The normalized spacial score (nSPS) is 17.4. The van der Waals surface area contributed by atoms with E-state index >= 15 is 0 Å². The molecule has 1 aliphatic rings. The molecule has 1 saturated heterocycles. The van der Waals surface area contributed by atoms with Gasteiger partial charge in [0.1, 0.15) is 23.7 Å². The molecule has 0 aliphatic carbocycles. The lowest BCUT2D eigenvalue weighted by molar-refractivity contribution is -0.384. The molecular weight excluding hydrogens is 302 g/mol. The first-order valence-corrected chi connectivity index (χ1v) is 7.13. The van der Waals surface area contributed by atoms with Crippen LogP contribution in [-0.2, 0) is 4.79 Å². The maximum Gasteiger partial charge on any atom is 0.326 e. The highest BCUT2D eigenvalue weighted by Crippen LogP contribution is 2.39. The van der Waals surface area contributed by atoms with Crippen LogP contribution in [-0.4, -0.2) is 40.7 Å². The fourth-order valence-electron chi connectivity index (χ4n) is 3.00. The number of nitro groups is 1. The molecule has 3 rings (SSSR count). The van der Waals surface area contributed by atoms with E-state index in [0.717, 1.165) is 0 Å². The Bertz CT molecular complexity index is 792. The minimum atomic E-state index is -0.977. The van der Waals surface area contributed by atoms with Crippen LogP contribution in [0.5, 0.6) is 5.75 Å². The van der Waals surface area contributed by atoms with Crippen LogP contribution in [0.15, 0.2) is 24.4 Å². The van der Waals surface area contributed by atoms with Crippen molar-refractivity contribution in [3.63, 3.8) is 0 Å². The highest BCUT2D eigenvalue weighted by Gasteiger charge is 2.35. The van der Waals surface area contributed by atoms with E-state index < -0.39 is 16.9 Å². The lowest BCUT2D eigenvalue weighted by Gasteiger charge is -2.24. The van der Waals surface area contributed by atoms with Gasteiger partial charge in [-0.2, -0.15) is 0 Å². The fourth-order valence-corrected chi connectivity index (χ4v) is 3.00. The van der Waals surface area contributed by atoms with Crippen molar-refractivity contribution in [1.82, 2.24) is 4.98 Å². The quantitative estimate of drug-likeness (QED) is 0.680. The average molecular weight is 317 g/mol. The van der Waals surface area contributed by atoms with Gasteiger partial charge < -0.3 is 14.7 Å². The molecule has 2 heterocycles. The number of ether oxygens (including phenoxy) is 1. The van der Waals surface area contributed by atoms with Gasteiger partial charge in [0.25, 0.3) is 0 Å². The number of pyridine rings is 1. The molecule has 8 heteroatoms. The Labute approximate surface area is 131 Å². The van der Waals surface area contributed by atoms with Crippen molar-refractivity contribution < 1.29 is 19.6 Å². The van der Waals surface area contributed by atoms with Gasteiger partial charge in [-0.1, -0.05) is 0 Å². The summed E-state index contributed by atoms with van der Waals surface area (Å²) < 4.78 is 5.14. The SMILES string of the molecule is COc1ccc2c(N3CCC[C@H]3C(=O)O)c([N+](=O)[O-])cnc2c1. The first-order chi connectivity index (χ1) is 11.0. The minimum Gasteiger partial charge on any atom is -0.497 e. The van der Waals surface area contributed by atoms with E-state index in [1.54, 1.807) is 23.1 Å². The number of hydrogen-bond donors (Lipinski definition) is 1. The zero-order valence-electron chi connectivity index (χ0n) is 12.4. The summed E-state index contributed by atoms with van der Waals surface area (Å²) in [5.74, 6) is -0.392. The molecule has 1 aromatic carbocycles. The summed E-state index contributed by atoms with van der Waals surface area (Å²) in [4.78, 5) is 28.0. The van der Waals surface area contributed by atoms with Gasteiger partial charge in [0.05, 0.1) is 17.5 Å². The van der Waals surface area contributed by atoms with Crippen LogP contribution in [0, 0.1) is 10.1 Å². The van der Waals surface area contributed by atoms with Gasteiger partial charge in [0, 0.05) is 18.0 Å². The number of aromatic nitrogens is 1. The van der Waals surface area contributed by atoms with Crippen LogP contribution >= 0.6 is 0 Å². The second kappa shape index (κ2) is 5.71. The van der Waals surface area contributed by atoms with Gasteiger partial charge in [-0.3, -0.25) is 10.1 Å². The zero-order valence-corrected chi connectivity index (χ0v) is 12.4. The molecule has 8 nitrogen and oxygen atoms in total. The van der Waals surface area contributed by atoms with E-state index in [2.05, 4.69) is 4.98 Å². The Morgan fingerprint density at radius 3 is 2.96 bits per heavy atom. The molecule has 0 radical (unpaired) electrons. The first kappa shape index (κ1) is 15.0. The summed E-state index contributed by atoms with van der Waals surface area (Å²) in [6.07, 6.45) is 2.31. The fraction of sp³-hybridized carbons (Fsp3) is 0.333. The third-order valence-corrected chi connectivity index (χ3v) is 4.05. The van der Waals surface area contributed by atoms with Crippen LogP contribution in [0.25, 0.3) is 10.9 Å². The average Bonchev–Trinajstić information content (AvgIpc) is 3.02. The molecule has 1 aliphatic heterocycles. The number of aliphatic carboxylic acids is 1. The van der Waals surface area contributed by atoms with E-state index in [9.17, 15) is 20.0 Å². The van der Waals surface area contributed by atoms with Crippen LogP contribution in [0.2, 0.25) is 0 Å². The first-order valence-electron chi connectivity index (χ1n) is 7.13. The second-order valence-corrected chi connectivity index (χ2v) is 5.32. The van der Waals surface area contributed by atoms with Crippen molar-refractivity contribution >= 4 is 28.2 Å². The summed E-state index contributed by atoms with van der Waals surface area (Å²) in [7, 11) is 1.52. The van der Waals surface area contributed by atoms with E-state index in [1.165, 1.54) is 13.3 Å². The highest BCUT2D eigenvalue weighted by atomic mass is 16.6. The number of fused-ring (bicyclic) bond motifs is 1. The molecule has 1 N–H and O–H groups in total. The van der Waals surface area contributed by atoms with Crippen LogP contribution < -0.4 is 9.64 Å². The van der Waals surface area contributed by atoms with Crippen molar-refractivity contribution in [2.45, 2.75) is 18.9 Å². The van der Waals surface area contributed by atoms with Crippen LogP contribution in [0.1, 0.15) is 12.8 Å². The van der Waals surface area contributed by atoms with Crippen molar-refractivity contribution in [2.75, 3.05) is 18.6 Å². The maximum absolute atomic E-state index is 11.5. The Balaban J connectivity index is 2.25. The molecule has 23 heavy (non-hydrogen) atoms. The molecule has 120 valence electrons. The minimum absolute atomic E-state index is 0.184. The van der Waals surface area contributed by atoms with Crippen molar-refractivity contribution in [3.8, 4) is 5.75 Å². The molecule has 2 aromatic rings. The van der Waals surface area contributed by atoms with Gasteiger partial charge in [-0.05, 0) is 25.0 Å². The van der Waals surface area contributed by atoms with E-state index in [0.29, 0.717) is 41.7 Å². The van der Waals surface area contributed by atoms with Crippen molar-refractivity contribution in [1.29, 1.82) is 0 Å². The molecule has 0 amide bonds. The highest BCUT2D eigenvalue weighted by molar-refractivity contribution is 5.98. The number of rotatable bonds is 4.